The van der Waals surface area contributed by atoms with E-state index in [1.807, 2.05) is 35.6 Å². The first-order valence-corrected chi connectivity index (χ1v) is 7.09. The smallest absolute Gasteiger partial charge is 0.277 e. The highest BCUT2D eigenvalue weighted by Gasteiger charge is 2.18. The van der Waals surface area contributed by atoms with Crippen molar-refractivity contribution in [2.24, 2.45) is 5.84 Å². The molecule has 0 aliphatic rings. The Morgan fingerprint density at radius 3 is 2.71 bits per heavy atom. The number of rotatable bonds is 3. The van der Waals surface area contributed by atoms with Gasteiger partial charge in [0, 0.05) is 11.3 Å². The predicted octanol–water partition coefficient (Wildman–Crippen LogP) is 1.98. The number of fused-ring (bicyclic) bond motifs is 1. The fourth-order valence-electron chi connectivity index (χ4n) is 2.24. The van der Waals surface area contributed by atoms with E-state index in [2.05, 4.69) is 10.4 Å². The maximum atomic E-state index is 11.7. The van der Waals surface area contributed by atoms with E-state index in [9.17, 15) is 4.79 Å². The second kappa shape index (κ2) is 5.19. The molecule has 0 unspecified atom stereocenters. The molecule has 0 atom stereocenters. The molecule has 2 heterocycles. The molecule has 3 aromatic rings. The second-order valence-electron chi connectivity index (χ2n) is 4.48. The van der Waals surface area contributed by atoms with E-state index in [1.54, 1.807) is 13.3 Å². The average molecular weight is 302 g/mol. The van der Waals surface area contributed by atoms with Crippen LogP contribution in [0.3, 0.4) is 0 Å². The summed E-state index contributed by atoms with van der Waals surface area (Å²) in [4.78, 5) is 17.4. The third kappa shape index (κ3) is 2.16. The Bertz CT molecular complexity index is 804. The number of hydrazine groups is 1. The quantitative estimate of drug-likeness (QED) is 0.440. The first-order valence-electron chi connectivity index (χ1n) is 6.28. The van der Waals surface area contributed by atoms with E-state index in [4.69, 9.17) is 10.6 Å². The molecule has 0 spiro atoms. The van der Waals surface area contributed by atoms with Crippen LogP contribution < -0.4 is 16.0 Å². The van der Waals surface area contributed by atoms with Gasteiger partial charge in [-0.25, -0.2) is 10.8 Å². The van der Waals surface area contributed by atoms with Crippen molar-refractivity contribution in [1.29, 1.82) is 0 Å². The van der Waals surface area contributed by atoms with Gasteiger partial charge in [-0.15, -0.1) is 0 Å². The molecule has 1 amide bonds. The number of nitrogen functional groups attached to an aromatic ring is 1. The number of hydrogen-bond acceptors (Lipinski definition) is 5. The number of carbonyl (C=O) groups is 1. The first-order chi connectivity index (χ1) is 10.2. The third-order valence-electron chi connectivity index (χ3n) is 3.31. The summed E-state index contributed by atoms with van der Waals surface area (Å²) in [5.41, 5.74) is 4.91. The highest BCUT2D eigenvalue weighted by atomic mass is 32.1. The van der Waals surface area contributed by atoms with Gasteiger partial charge >= 0.3 is 0 Å². The van der Waals surface area contributed by atoms with Crippen molar-refractivity contribution >= 4 is 22.2 Å². The maximum Gasteiger partial charge on any atom is 0.277 e. The topological polar surface area (TPSA) is 81.6 Å². The Kier molecular flexibility index (Phi) is 3.36. The number of imidazole rings is 1. The van der Waals surface area contributed by atoms with Crippen LogP contribution in [-0.4, -0.2) is 22.4 Å². The number of ether oxygens (including phenoxy) is 1. The minimum absolute atomic E-state index is 0.302. The summed E-state index contributed by atoms with van der Waals surface area (Å²) in [6.45, 7) is 1.88. The van der Waals surface area contributed by atoms with E-state index in [-0.39, 0.29) is 5.91 Å². The normalized spacial score (nSPS) is 10.8. The number of nitrogens with one attached hydrogen (secondary N) is 1. The van der Waals surface area contributed by atoms with E-state index < -0.39 is 0 Å². The largest absolute Gasteiger partial charge is 0.497 e. The molecule has 2 aromatic heterocycles. The molecule has 6 nitrogen and oxygen atoms in total. The van der Waals surface area contributed by atoms with E-state index in [0.29, 0.717) is 4.88 Å². The van der Waals surface area contributed by atoms with Gasteiger partial charge in [0.15, 0.2) is 4.96 Å². The van der Waals surface area contributed by atoms with Gasteiger partial charge in [-0.2, -0.15) is 0 Å². The lowest BCUT2D eigenvalue weighted by Gasteiger charge is -2.04. The van der Waals surface area contributed by atoms with Gasteiger partial charge < -0.3 is 4.74 Å². The number of methoxy groups -OCH3 is 1. The summed E-state index contributed by atoms with van der Waals surface area (Å²) >= 11 is 1.31. The predicted molar refractivity (Wildman–Crippen MR) is 81.4 cm³/mol. The molecule has 7 heteroatoms. The fraction of sp³-hybridized carbons (Fsp3) is 0.143. The van der Waals surface area contributed by atoms with Crippen LogP contribution in [0.15, 0.2) is 30.5 Å². The van der Waals surface area contributed by atoms with Gasteiger partial charge in [-0.3, -0.25) is 14.6 Å². The number of aromatic nitrogens is 2. The molecule has 0 saturated carbocycles. The van der Waals surface area contributed by atoms with Gasteiger partial charge in [0.05, 0.1) is 19.0 Å². The number of hydrogen-bond donors (Lipinski definition) is 2. The van der Waals surface area contributed by atoms with E-state index in [1.165, 1.54) is 11.3 Å². The van der Waals surface area contributed by atoms with Crippen molar-refractivity contribution in [3.63, 3.8) is 0 Å². The van der Waals surface area contributed by atoms with Gasteiger partial charge in [0.1, 0.15) is 10.6 Å². The highest BCUT2D eigenvalue weighted by Crippen LogP contribution is 2.29. The van der Waals surface area contributed by atoms with Gasteiger partial charge in [0.2, 0.25) is 0 Å². The number of thiazole rings is 1. The Morgan fingerprint density at radius 1 is 1.38 bits per heavy atom. The zero-order chi connectivity index (χ0) is 15.0. The number of aryl methyl sites for hydroxylation is 1. The molecule has 3 N–H and O–H groups in total. The summed E-state index contributed by atoms with van der Waals surface area (Å²) in [6, 6.07) is 7.71. The van der Waals surface area contributed by atoms with Crippen LogP contribution in [0.2, 0.25) is 0 Å². The summed E-state index contributed by atoms with van der Waals surface area (Å²) < 4.78 is 7.12. The summed E-state index contributed by atoms with van der Waals surface area (Å²) in [7, 11) is 1.63. The lowest BCUT2D eigenvalue weighted by Crippen LogP contribution is -2.29. The molecule has 21 heavy (non-hydrogen) atoms. The van der Waals surface area contributed by atoms with Gasteiger partial charge in [-0.05, 0) is 31.2 Å². The molecular formula is C14H14N4O2S. The Morgan fingerprint density at radius 2 is 2.10 bits per heavy atom. The van der Waals surface area contributed by atoms with E-state index >= 15 is 0 Å². The Balaban J connectivity index is 2.14. The second-order valence-corrected chi connectivity index (χ2v) is 5.46. The minimum Gasteiger partial charge on any atom is -0.497 e. The standard InChI is InChI=1S/C14H14N4O2S/c1-8-12(13(19)17-15)21-14-16-7-11(18(8)14)9-3-5-10(20-2)6-4-9/h3-7H,15H2,1-2H3,(H,17,19). The SMILES string of the molecule is COc1ccc(-c2cnc3sc(C(=O)NN)c(C)n23)cc1. The minimum atomic E-state index is -0.302. The van der Waals surface area contributed by atoms with Gasteiger partial charge in [-0.1, -0.05) is 11.3 Å². The molecule has 0 radical (unpaired) electrons. The Labute approximate surface area is 125 Å². The number of nitrogens with two attached hydrogens (primary N) is 1. The zero-order valence-electron chi connectivity index (χ0n) is 11.6. The maximum absolute atomic E-state index is 11.7. The van der Waals surface area contributed by atoms with Crippen LogP contribution in [0.1, 0.15) is 15.4 Å². The van der Waals surface area contributed by atoms with Crippen LogP contribution in [-0.2, 0) is 0 Å². The summed E-state index contributed by atoms with van der Waals surface area (Å²) in [5.74, 6) is 5.70. The number of amides is 1. The molecule has 1 aromatic carbocycles. The van der Waals surface area contributed by atoms with Gasteiger partial charge in [0.25, 0.3) is 5.91 Å². The fourth-order valence-corrected chi connectivity index (χ4v) is 3.24. The lowest BCUT2D eigenvalue weighted by atomic mass is 10.1. The van der Waals surface area contributed by atoms with Crippen LogP contribution in [0, 0.1) is 6.92 Å². The van der Waals surface area contributed by atoms with Crippen molar-refractivity contribution in [2.75, 3.05) is 7.11 Å². The molecule has 0 saturated heterocycles. The molecule has 3 rings (SSSR count). The van der Waals surface area contributed by atoms with Crippen molar-refractivity contribution in [1.82, 2.24) is 14.8 Å². The Hall–Kier alpha value is -2.38. The average Bonchev–Trinajstić information content (AvgIpc) is 3.07. The summed E-state index contributed by atoms with van der Waals surface area (Å²) in [5, 5.41) is 0. The van der Waals surface area contributed by atoms with Crippen LogP contribution >= 0.6 is 11.3 Å². The number of nitrogens with zero attached hydrogens (tertiary/aromatic N) is 2. The first kappa shape index (κ1) is 13.6. The van der Waals surface area contributed by atoms with Crippen LogP contribution in [0.25, 0.3) is 16.2 Å². The summed E-state index contributed by atoms with van der Waals surface area (Å²) in [6.07, 6.45) is 1.80. The van der Waals surface area contributed by atoms with Crippen molar-refractivity contribution in [2.45, 2.75) is 6.92 Å². The molecule has 0 aliphatic heterocycles. The van der Waals surface area contributed by atoms with Crippen LogP contribution in [0.4, 0.5) is 0 Å². The monoisotopic (exact) mass is 302 g/mol. The zero-order valence-corrected chi connectivity index (χ0v) is 12.4. The molecular weight excluding hydrogens is 288 g/mol. The highest BCUT2D eigenvalue weighted by molar-refractivity contribution is 7.19. The number of benzene rings is 1. The lowest BCUT2D eigenvalue weighted by molar-refractivity contribution is 0.0957. The van der Waals surface area contributed by atoms with Crippen LogP contribution in [0.5, 0.6) is 5.75 Å². The molecule has 0 bridgehead atoms. The van der Waals surface area contributed by atoms with Crippen molar-refractivity contribution < 1.29 is 9.53 Å². The number of carbonyl (C=O) groups excluding carboxylic acids is 1. The third-order valence-corrected chi connectivity index (χ3v) is 4.47. The molecule has 0 fully saturated rings. The van der Waals surface area contributed by atoms with Crippen molar-refractivity contribution in [3.8, 4) is 17.0 Å². The van der Waals surface area contributed by atoms with E-state index in [0.717, 1.165) is 27.7 Å². The molecule has 0 aliphatic carbocycles. The van der Waals surface area contributed by atoms with Crippen molar-refractivity contribution in [3.05, 3.63) is 41.0 Å². The molecule has 108 valence electrons.